The van der Waals surface area contributed by atoms with Crippen molar-refractivity contribution in [2.24, 2.45) is 5.92 Å². The highest BCUT2D eigenvalue weighted by molar-refractivity contribution is 5.87. The van der Waals surface area contributed by atoms with Crippen molar-refractivity contribution in [3.63, 3.8) is 0 Å². The Morgan fingerprint density at radius 3 is 2.74 bits per heavy atom. The van der Waals surface area contributed by atoms with E-state index in [0.717, 1.165) is 12.8 Å². The molecule has 2 heterocycles. The van der Waals surface area contributed by atoms with E-state index < -0.39 is 22.6 Å². The molecule has 1 saturated carbocycles. The molecule has 1 aliphatic carbocycles. The van der Waals surface area contributed by atoms with Crippen LogP contribution in [-0.2, 0) is 23.7 Å². The molecular formula is C28H38N2O8. The molecule has 1 spiro atoms. The number of esters is 1. The monoisotopic (exact) mass is 530 g/mol. The van der Waals surface area contributed by atoms with E-state index in [-0.39, 0.29) is 35.2 Å². The summed E-state index contributed by atoms with van der Waals surface area (Å²) in [5, 5.41) is 14.4. The molecule has 1 aromatic rings. The Bertz CT molecular complexity index is 1090. The zero-order chi connectivity index (χ0) is 27.5. The van der Waals surface area contributed by atoms with E-state index in [4.69, 9.17) is 23.7 Å². The number of ether oxygens (including phenoxy) is 5. The molecule has 2 aliphatic heterocycles. The van der Waals surface area contributed by atoms with Gasteiger partial charge in [-0.15, -0.1) is 0 Å². The lowest BCUT2D eigenvalue weighted by Crippen LogP contribution is -2.55. The van der Waals surface area contributed by atoms with Gasteiger partial charge >= 0.3 is 11.7 Å². The van der Waals surface area contributed by atoms with Gasteiger partial charge in [-0.25, -0.2) is 4.79 Å². The maximum Gasteiger partial charge on any atom is 0.331 e. The van der Waals surface area contributed by atoms with Crippen LogP contribution in [-0.4, -0.2) is 74.3 Å². The molecule has 0 radical (unpaired) electrons. The van der Waals surface area contributed by atoms with Crippen molar-refractivity contribution >= 4 is 17.7 Å². The number of epoxide rings is 2. The van der Waals surface area contributed by atoms with Gasteiger partial charge < -0.3 is 29.0 Å². The second kappa shape index (κ2) is 11.5. The molecule has 0 unspecified atom stereocenters. The molecule has 3 aliphatic rings. The molecule has 1 N–H and O–H groups in total. The first-order valence-corrected chi connectivity index (χ1v) is 13.1. The van der Waals surface area contributed by atoms with E-state index in [2.05, 4.69) is 32.2 Å². The van der Waals surface area contributed by atoms with Gasteiger partial charge in [-0.3, -0.25) is 10.1 Å². The number of carbonyl (C=O) groups is 1. The number of carbonyl (C=O) groups excluding carboxylic acids is 1. The van der Waals surface area contributed by atoms with Gasteiger partial charge in [0.25, 0.3) is 0 Å². The summed E-state index contributed by atoms with van der Waals surface area (Å²) in [6.45, 7) is 7.74. The number of rotatable bonds is 12. The molecule has 10 heteroatoms. The second-order valence-electron chi connectivity index (χ2n) is 10.6. The molecule has 38 heavy (non-hydrogen) atoms. The topological polar surface area (TPSA) is 125 Å². The van der Waals surface area contributed by atoms with Crippen molar-refractivity contribution < 1.29 is 33.4 Å². The van der Waals surface area contributed by atoms with Crippen LogP contribution in [0.2, 0.25) is 0 Å². The fraction of sp³-hybridized carbons (Fsp3) is 0.607. The largest absolute Gasteiger partial charge is 0.485 e. The maximum absolute atomic E-state index is 12.8. The van der Waals surface area contributed by atoms with Gasteiger partial charge in [0.1, 0.15) is 30.0 Å². The second-order valence-corrected chi connectivity index (χ2v) is 10.6. The number of methoxy groups -OCH3 is 1. The summed E-state index contributed by atoms with van der Waals surface area (Å²) in [5.74, 6) is -0.427. The van der Waals surface area contributed by atoms with Crippen LogP contribution in [0, 0.1) is 16.0 Å². The number of benzene rings is 1. The van der Waals surface area contributed by atoms with Crippen LogP contribution in [0.4, 0.5) is 5.69 Å². The first-order chi connectivity index (χ1) is 18.1. The van der Waals surface area contributed by atoms with E-state index in [0.29, 0.717) is 31.7 Å². The molecule has 0 aromatic heterocycles. The average Bonchev–Trinajstić information content (AvgIpc) is 3.80. The third-order valence-electron chi connectivity index (χ3n) is 7.71. The van der Waals surface area contributed by atoms with Gasteiger partial charge in [-0.2, -0.15) is 0 Å². The van der Waals surface area contributed by atoms with Crippen molar-refractivity contribution in [2.75, 3.05) is 33.9 Å². The fourth-order valence-electron chi connectivity index (χ4n) is 5.59. The summed E-state index contributed by atoms with van der Waals surface area (Å²) in [6.07, 6.45) is 6.39. The minimum absolute atomic E-state index is 0.0656. The smallest absolute Gasteiger partial charge is 0.331 e. The van der Waals surface area contributed by atoms with Crippen LogP contribution >= 0.6 is 0 Å². The lowest BCUT2D eigenvalue weighted by Gasteiger charge is -2.42. The van der Waals surface area contributed by atoms with E-state index in [9.17, 15) is 14.9 Å². The summed E-state index contributed by atoms with van der Waals surface area (Å²) in [4.78, 5) is 23.8. The molecule has 4 rings (SSSR count). The number of nitro benzene ring substituents is 1. The number of nitrogens with one attached hydrogen (secondary N) is 1. The molecule has 6 atom stereocenters. The molecular weight excluding hydrogens is 492 g/mol. The van der Waals surface area contributed by atoms with Crippen LogP contribution in [0.1, 0.15) is 45.6 Å². The molecule has 2 saturated heterocycles. The highest BCUT2D eigenvalue weighted by atomic mass is 16.6. The standard InChI is InChI=1S/C28H38N2O8/c1-18(2)6-10-23-27(3,38-23)26-25(34-5)22(12-13-28(26)17-36-28)37-24(31)11-8-19-7-9-21(35-15-14-29-4)20(16-19)30(32)33/h6-9,11,16,22-23,25-26,29H,10,12-15,17H2,1-5H3/b11-8+/t22-,23-,25-,26-,27+,28+/m1/s1. The SMILES string of the molecule is CNCCOc1ccc(/C=C/C(=O)O[C@@H]2CC[C@]3(CO3)[C@@H]([C@@]3(C)O[C@@H]3CC=C(C)C)[C@@H]2OC)cc1[N+](=O)[O-]. The average molecular weight is 531 g/mol. The molecule has 0 bridgehead atoms. The van der Waals surface area contributed by atoms with Crippen LogP contribution in [0.15, 0.2) is 35.9 Å². The highest BCUT2D eigenvalue weighted by Crippen LogP contribution is 2.59. The van der Waals surface area contributed by atoms with Gasteiger partial charge in [-0.1, -0.05) is 17.7 Å². The van der Waals surface area contributed by atoms with E-state index in [1.165, 1.54) is 29.9 Å². The maximum atomic E-state index is 12.8. The fourth-order valence-corrected chi connectivity index (χ4v) is 5.59. The van der Waals surface area contributed by atoms with Gasteiger partial charge in [-0.05, 0) is 64.8 Å². The summed E-state index contributed by atoms with van der Waals surface area (Å²) in [5.41, 5.74) is 0.850. The van der Waals surface area contributed by atoms with E-state index in [1.807, 2.05) is 0 Å². The van der Waals surface area contributed by atoms with Crippen LogP contribution in [0.25, 0.3) is 6.08 Å². The minimum Gasteiger partial charge on any atom is -0.485 e. The Hall–Kier alpha value is -2.79. The van der Waals surface area contributed by atoms with Gasteiger partial charge in [0.2, 0.25) is 0 Å². The highest BCUT2D eigenvalue weighted by Gasteiger charge is 2.72. The van der Waals surface area contributed by atoms with Crippen molar-refractivity contribution in [3.8, 4) is 5.75 Å². The summed E-state index contributed by atoms with van der Waals surface area (Å²) < 4.78 is 29.4. The lowest BCUT2D eigenvalue weighted by molar-refractivity contribution is -0.385. The van der Waals surface area contributed by atoms with Crippen LogP contribution in [0.3, 0.4) is 0 Å². The number of nitro groups is 1. The quantitative estimate of drug-likeness (QED) is 0.0816. The van der Waals surface area contributed by atoms with Crippen molar-refractivity contribution in [3.05, 3.63) is 51.6 Å². The van der Waals surface area contributed by atoms with Gasteiger partial charge in [0.15, 0.2) is 5.75 Å². The zero-order valence-electron chi connectivity index (χ0n) is 22.7. The summed E-state index contributed by atoms with van der Waals surface area (Å²) >= 11 is 0. The molecule has 1 aromatic carbocycles. The third kappa shape index (κ3) is 6.09. The normalized spacial score (nSPS) is 31.7. The Balaban J connectivity index is 1.43. The van der Waals surface area contributed by atoms with Gasteiger partial charge in [0.05, 0.1) is 23.6 Å². The van der Waals surface area contributed by atoms with E-state index >= 15 is 0 Å². The molecule has 10 nitrogen and oxygen atoms in total. The van der Waals surface area contributed by atoms with Crippen LogP contribution in [0.5, 0.6) is 5.75 Å². The molecule has 0 amide bonds. The summed E-state index contributed by atoms with van der Waals surface area (Å²) in [7, 11) is 3.40. The van der Waals surface area contributed by atoms with Crippen molar-refractivity contribution in [2.45, 2.75) is 69.5 Å². The number of hydrogen-bond acceptors (Lipinski definition) is 9. The lowest BCUT2D eigenvalue weighted by atomic mass is 9.68. The number of hydrogen-bond donors (Lipinski definition) is 1. The first-order valence-electron chi connectivity index (χ1n) is 13.1. The van der Waals surface area contributed by atoms with Crippen molar-refractivity contribution in [1.29, 1.82) is 0 Å². The molecule has 3 fully saturated rings. The Morgan fingerprint density at radius 1 is 1.34 bits per heavy atom. The number of allylic oxidation sites excluding steroid dienone is 1. The Morgan fingerprint density at radius 2 is 2.11 bits per heavy atom. The zero-order valence-corrected chi connectivity index (χ0v) is 22.7. The summed E-state index contributed by atoms with van der Waals surface area (Å²) in [6, 6.07) is 4.56. The predicted octanol–water partition coefficient (Wildman–Crippen LogP) is 3.83. The number of likely N-dealkylation sites (N-methyl/N-ethyl adjacent to an activating group) is 1. The molecule has 208 valence electrons. The van der Waals surface area contributed by atoms with E-state index in [1.54, 1.807) is 20.2 Å². The Labute approximate surface area is 223 Å². The van der Waals surface area contributed by atoms with Crippen molar-refractivity contribution in [1.82, 2.24) is 5.32 Å². The number of nitrogens with zero attached hydrogens (tertiary/aromatic N) is 1. The Kier molecular flexibility index (Phi) is 8.56. The van der Waals surface area contributed by atoms with Crippen LogP contribution < -0.4 is 10.1 Å². The minimum atomic E-state index is -0.538. The predicted molar refractivity (Wildman–Crippen MR) is 141 cm³/mol. The first kappa shape index (κ1) is 28.2. The van der Waals surface area contributed by atoms with Gasteiger partial charge in [0, 0.05) is 25.8 Å². The third-order valence-corrected chi connectivity index (χ3v) is 7.71.